The van der Waals surface area contributed by atoms with E-state index in [1.807, 2.05) is 237 Å². The summed E-state index contributed by atoms with van der Waals surface area (Å²) in [6.45, 7) is -0.220. The van der Waals surface area contributed by atoms with Crippen LogP contribution in [-0.2, 0) is 59.7 Å². The minimum absolute atomic E-state index is 0.0152. The quantitative estimate of drug-likeness (QED) is 0.0370. The Bertz CT molecular complexity index is 7680. The van der Waals surface area contributed by atoms with Gasteiger partial charge in [-0.2, -0.15) is 5.10 Å². The van der Waals surface area contributed by atoms with Gasteiger partial charge in [-0.15, -0.1) is 0 Å². The van der Waals surface area contributed by atoms with Gasteiger partial charge in [-0.3, -0.25) is 5.10 Å². The van der Waals surface area contributed by atoms with E-state index in [0.717, 1.165) is 11.1 Å². The van der Waals surface area contributed by atoms with E-state index in [1.54, 1.807) is 115 Å². The maximum Gasteiger partial charge on any atom is 0.343 e. The summed E-state index contributed by atoms with van der Waals surface area (Å²) >= 11 is 0. The van der Waals surface area contributed by atoms with Crippen molar-refractivity contribution >= 4 is 29.8 Å². The van der Waals surface area contributed by atoms with Crippen LogP contribution in [0.2, 0.25) is 0 Å². The summed E-state index contributed by atoms with van der Waals surface area (Å²) in [7, 11) is 0. The highest BCUT2D eigenvalue weighted by molar-refractivity contribution is 5.99. The number of halogens is 1. The van der Waals surface area contributed by atoms with Gasteiger partial charge in [-0.05, 0) is 103 Å². The zero-order valence-corrected chi connectivity index (χ0v) is 75.6. The molecule has 0 bridgehead atoms. The summed E-state index contributed by atoms with van der Waals surface area (Å²) < 4.78 is 123. The lowest BCUT2D eigenvalue weighted by Crippen LogP contribution is -2.36. The predicted molar refractivity (Wildman–Crippen MR) is 519 cm³/mol. The van der Waals surface area contributed by atoms with Gasteiger partial charge in [0.25, 0.3) is 0 Å². The standard InChI is InChI=1S/C119H79FN2O21/c120-92-59-56-75(57-60-92)58-61-93-72-94(122-121-93)74-129-110(123)77-63-96(106-101(67-77)135-116(140-106,84-40-18-4-19-41-84)85-42-20-5-21-43-85)130-112(125)79-65-98(108-103(69-79)137-118(142-108,88-48-26-8-27-49-88)89-50-28-9-29-51-89)132-114(127)81-66-99(109-104(71-81)138-119(143-109,90-52-30-10-31-53-90)91-54-32-11-33-55-91)133-113(126)80-64-97(107-102(70-80)136-117(141-107,86-44-22-6-23-45-86)87-46-24-7-25-47-87)131-111(124)78-62-95(128-73-76-34-12-1-13-35-76)105-100(68-78)134-115(139-105,82-36-14-2-15-37-82)83-38-16-3-17-39-83/h1-57,59-60,62-72H,58,61,73-74H2,(H,121,122). The largest absolute Gasteiger partial charge is 0.485 e. The Kier molecular flexibility index (Phi) is 22.7. The highest BCUT2D eigenvalue weighted by atomic mass is 19.1. The predicted octanol–water partition coefficient (Wildman–Crippen LogP) is 23.5. The third-order valence-electron chi connectivity index (χ3n) is 25.0. The third kappa shape index (κ3) is 16.6. The Morgan fingerprint density at radius 2 is 0.483 bits per heavy atom. The van der Waals surface area contributed by atoms with Crippen LogP contribution in [0.25, 0.3) is 0 Å². The molecule has 24 heteroatoms. The number of aryl methyl sites for hydroxylation is 2. The molecule has 0 aliphatic carbocycles. The molecule has 0 saturated heterocycles. The number of hydrogen-bond acceptors (Lipinski definition) is 22. The molecule has 698 valence electrons. The SMILES string of the molecule is O=C(OCc1cc(CCc2ccc(F)cc2)n[nH]1)c1cc(OC(=O)c2cc(OC(=O)c3cc(OC(=O)c4cc(OC(=O)c5cc(OCc6ccccc6)c6c(c5)OC(c5ccccc5)(c5ccccc5)O6)c5c(c4)OC(c4ccccc4)(c4ccccc4)O5)c4c(c3)OC(c3ccccc3)(c3ccccc3)O4)c3c(c2)OC(c2ccccc2)(c2ccccc2)O3)c2c(c1)OC(c1ccccc1)(c1ccccc1)O2. The molecule has 0 amide bonds. The Morgan fingerprint density at radius 1 is 0.245 bits per heavy atom. The van der Waals surface area contributed by atoms with Gasteiger partial charge in [0.15, 0.2) is 57.5 Å². The van der Waals surface area contributed by atoms with Crippen LogP contribution in [0.15, 0.2) is 425 Å². The maximum absolute atomic E-state index is 16.2. The van der Waals surface area contributed by atoms with Gasteiger partial charge in [0.2, 0.25) is 28.7 Å². The first-order valence-corrected chi connectivity index (χ1v) is 46.0. The Morgan fingerprint density at radius 3 is 0.748 bits per heavy atom. The van der Waals surface area contributed by atoms with Gasteiger partial charge in [0, 0.05) is 55.6 Å². The summed E-state index contributed by atoms with van der Waals surface area (Å²) in [5, 5.41) is 7.38. The fraction of sp³-hybridized carbons (Fsp3) is 0.0756. The first-order chi connectivity index (χ1) is 70.1. The number of nitrogens with zero attached hydrogens (tertiary/aromatic N) is 1. The van der Waals surface area contributed by atoms with Crippen molar-refractivity contribution in [3.8, 4) is 86.2 Å². The number of aromatic amines is 1. The molecule has 1 aromatic heterocycles. The van der Waals surface area contributed by atoms with Crippen LogP contribution in [0.5, 0.6) is 86.2 Å². The van der Waals surface area contributed by atoms with Gasteiger partial charge in [0.05, 0.1) is 39.2 Å². The van der Waals surface area contributed by atoms with Crippen LogP contribution in [0.4, 0.5) is 4.39 Å². The number of fused-ring (bicyclic) bond motifs is 5. The minimum atomic E-state index is -1.85. The monoisotopic (exact) mass is 1890 g/mol. The molecule has 23 nitrogen and oxygen atoms in total. The average molecular weight is 1890 g/mol. The Balaban J connectivity index is 0.626. The molecule has 5 aliphatic heterocycles. The summed E-state index contributed by atoms with van der Waals surface area (Å²) in [6.07, 6.45) is 1.07. The molecule has 0 saturated carbocycles. The van der Waals surface area contributed by atoms with Crippen molar-refractivity contribution in [1.82, 2.24) is 10.2 Å². The fourth-order valence-electron chi connectivity index (χ4n) is 18.1. The molecule has 1 N–H and O–H groups in total. The van der Waals surface area contributed by atoms with Gasteiger partial charge in [0.1, 0.15) is 19.0 Å². The number of carbonyl (C=O) groups excluding carboxylic acids is 5. The lowest BCUT2D eigenvalue weighted by atomic mass is 9.97. The van der Waals surface area contributed by atoms with E-state index < -0.39 is 70.3 Å². The number of ether oxygens (including phenoxy) is 16. The number of aromatic nitrogens is 2. The first-order valence-electron chi connectivity index (χ1n) is 46.0. The van der Waals surface area contributed by atoms with E-state index in [-0.39, 0.29) is 122 Å². The molecular weight excluding hydrogens is 1810 g/mol. The fourth-order valence-corrected chi connectivity index (χ4v) is 18.1. The van der Waals surface area contributed by atoms with E-state index in [9.17, 15) is 9.18 Å². The van der Waals surface area contributed by atoms with E-state index in [2.05, 4.69) is 10.2 Å². The summed E-state index contributed by atoms with van der Waals surface area (Å²) in [5.74, 6) is -16.1. The van der Waals surface area contributed by atoms with Crippen molar-refractivity contribution < 1.29 is 104 Å². The number of esters is 5. The molecule has 0 spiro atoms. The van der Waals surface area contributed by atoms with Crippen LogP contribution in [0.3, 0.4) is 0 Å². The van der Waals surface area contributed by atoms with Crippen LogP contribution in [0, 0.1) is 5.82 Å². The zero-order valence-electron chi connectivity index (χ0n) is 75.6. The molecule has 18 aromatic rings. The molecule has 0 atom stereocenters. The smallest absolute Gasteiger partial charge is 0.343 e. The summed E-state index contributed by atoms with van der Waals surface area (Å²) in [5.41, 5.74) is 7.04. The average Bonchev–Trinajstić information content (AvgIpc) is 1.60. The normalized spacial score (nSPS) is 14.3. The molecule has 6 heterocycles. The molecule has 23 rings (SSSR count). The zero-order chi connectivity index (χ0) is 96.6. The number of nitrogens with one attached hydrogen (secondary N) is 1. The van der Waals surface area contributed by atoms with Gasteiger partial charge in [-0.25, -0.2) is 28.4 Å². The lowest BCUT2D eigenvalue weighted by molar-refractivity contribution is -0.0471. The number of hydrogen-bond donors (Lipinski definition) is 1. The van der Waals surface area contributed by atoms with Crippen molar-refractivity contribution in [3.05, 3.63) is 536 Å². The maximum atomic E-state index is 16.2. The van der Waals surface area contributed by atoms with Crippen molar-refractivity contribution in [2.75, 3.05) is 0 Å². The minimum Gasteiger partial charge on any atom is -0.485 e. The first kappa shape index (κ1) is 88.0. The van der Waals surface area contributed by atoms with E-state index >= 15 is 19.2 Å². The number of benzene rings is 17. The van der Waals surface area contributed by atoms with Crippen molar-refractivity contribution in [1.29, 1.82) is 0 Å². The molecule has 143 heavy (non-hydrogen) atoms. The van der Waals surface area contributed by atoms with E-state index in [0.29, 0.717) is 79.9 Å². The van der Waals surface area contributed by atoms with Crippen molar-refractivity contribution in [3.63, 3.8) is 0 Å². The summed E-state index contributed by atoms with van der Waals surface area (Å²) in [4.78, 5) is 78.8. The summed E-state index contributed by atoms with van der Waals surface area (Å²) in [6, 6.07) is 122. The van der Waals surface area contributed by atoms with Gasteiger partial charge < -0.3 is 75.8 Å². The molecule has 5 aliphatic rings. The number of H-pyrrole nitrogens is 1. The van der Waals surface area contributed by atoms with Crippen LogP contribution in [-0.4, -0.2) is 40.0 Å². The Hall–Kier alpha value is -19.0. The Labute approximate surface area is 817 Å². The highest BCUT2D eigenvalue weighted by Gasteiger charge is 2.54. The molecule has 17 aromatic carbocycles. The van der Waals surface area contributed by atoms with Crippen molar-refractivity contribution in [2.45, 2.75) is 55.0 Å². The van der Waals surface area contributed by atoms with E-state index in [1.165, 1.54) is 72.8 Å². The number of rotatable bonds is 27. The van der Waals surface area contributed by atoms with Crippen molar-refractivity contribution in [2.24, 2.45) is 0 Å². The molecule has 0 unspecified atom stereocenters. The molecular formula is C119H79FN2O21. The molecule has 0 fully saturated rings. The highest BCUT2D eigenvalue weighted by Crippen LogP contribution is 2.60. The second-order valence-electron chi connectivity index (χ2n) is 34.2. The lowest BCUT2D eigenvalue weighted by Gasteiger charge is -2.28. The van der Waals surface area contributed by atoms with Crippen LogP contribution in [0.1, 0.15) is 130 Å². The second-order valence-corrected chi connectivity index (χ2v) is 34.2. The van der Waals surface area contributed by atoms with Crippen LogP contribution >= 0.6 is 0 Å². The number of carbonyl (C=O) groups is 5. The third-order valence-corrected chi connectivity index (χ3v) is 25.0. The molecule has 0 radical (unpaired) electrons. The van der Waals surface area contributed by atoms with E-state index in [4.69, 9.17) is 75.8 Å². The van der Waals surface area contributed by atoms with Gasteiger partial charge in [-0.1, -0.05) is 346 Å². The topological polar surface area (TPSA) is 262 Å². The van der Waals surface area contributed by atoms with Gasteiger partial charge >= 0.3 is 58.8 Å². The van der Waals surface area contributed by atoms with Crippen LogP contribution < -0.4 is 71.1 Å². The second kappa shape index (κ2) is 36.8.